The Morgan fingerprint density at radius 3 is 2.13 bits per heavy atom. The largest absolute Gasteiger partial charge is 0.391 e. The van der Waals surface area contributed by atoms with E-state index in [0.29, 0.717) is 12.6 Å². The Morgan fingerprint density at radius 1 is 1.27 bits per heavy atom. The number of rotatable bonds is 6. The molecule has 0 aromatic carbocycles. The zero-order valence-corrected chi connectivity index (χ0v) is 11.1. The SMILES string of the molecule is COCCN(CC(O)C(C)(C)C)C(C)C. The third-order valence-corrected chi connectivity index (χ3v) is 2.72. The van der Waals surface area contributed by atoms with Crippen molar-refractivity contribution in [2.45, 2.75) is 46.8 Å². The molecule has 3 heteroatoms. The number of ether oxygens (including phenoxy) is 1. The van der Waals surface area contributed by atoms with E-state index < -0.39 is 0 Å². The minimum absolute atomic E-state index is 0.0553. The first-order valence-electron chi connectivity index (χ1n) is 5.70. The second-order valence-corrected chi connectivity index (χ2v) is 5.46. The number of nitrogens with zero attached hydrogens (tertiary/aromatic N) is 1. The highest BCUT2D eigenvalue weighted by molar-refractivity contribution is 4.77. The van der Waals surface area contributed by atoms with Crippen LogP contribution >= 0.6 is 0 Å². The maximum atomic E-state index is 10.0. The highest BCUT2D eigenvalue weighted by Crippen LogP contribution is 2.20. The van der Waals surface area contributed by atoms with Gasteiger partial charge in [0.15, 0.2) is 0 Å². The van der Waals surface area contributed by atoms with Crippen LogP contribution in [0.15, 0.2) is 0 Å². The minimum Gasteiger partial charge on any atom is -0.391 e. The predicted molar refractivity (Wildman–Crippen MR) is 64.0 cm³/mol. The first-order chi connectivity index (χ1) is 6.79. The van der Waals surface area contributed by atoms with Crippen LogP contribution in [-0.4, -0.2) is 49.0 Å². The molecule has 0 bridgehead atoms. The fraction of sp³-hybridized carbons (Fsp3) is 1.00. The number of aliphatic hydroxyl groups is 1. The molecule has 0 aliphatic carbocycles. The molecule has 0 amide bonds. The Bertz CT molecular complexity index is 163. The van der Waals surface area contributed by atoms with Crippen molar-refractivity contribution in [3.8, 4) is 0 Å². The molecule has 0 saturated carbocycles. The third kappa shape index (κ3) is 6.13. The van der Waals surface area contributed by atoms with Crippen LogP contribution in [-0.2, 0) is 4.74 Å². The molecule has 0 saturated heterocycles. The van der Waals surface area contributed by atoms with Gasteiger partial charge in [0.1, 0.15) is 0 Å². The molecule has 0 aliphatic heterocycles. The Hall–Kier alpha value is -0.120. The summed E-state index contributed by atoms with van der Waals surface area (Å²) in [5.41, 5.74) is -0.0553. The minimum atomic E-state index is -0.295. The molecule has 0 spiro atoms. The average molecular weight is 217 g/mol. The van der Waals surface area contributed by atoms with E-state index in [-0.39, 0.29) is 11.5 Å². The summed E-state index contributed by atoms with van der Waals surface area (Å²) in [4.78, 5) is 2.25. The summed E-state index contributed by atoms with van der Waals surface area (Å²) < 4.78 is 5.07. The average Bonchev–Trinajstić information content (AvgIpc) is 2.09. The van der Waals surface area contributed by atoms with Crippen molar-refractivity contribution in [1.29, 1.82) is 0 Å². The summed E-state index contributed by atoms with van der Waals surface area (Å²) in [6, 6.07) is 0.442. The molecule has 1 atom stereocenters. The summed E-state index contributed by atoms with van der Waals surface area (Å²) >= 11 is 0. The number of aliphatic hydroxyl groups excluding tert-OH is 1. The Balaban J connectivity index is 4.16. The lowest BCUT2D eigenvalue weighted by Gasteiger charge is -2.34. The standard InChI is InChI=1S/C12H27NO2/c1-10(2)13(7-8-15-6)9-11(14)12(3,4)5/h10-11,14H,7-9H2,1-6H3. The second-order valence-electron chi connectivity index (χ2n) is 5.46. The van der Waals surface area contributed by atoms with Gasteiger partial charge in [-0.3, -0.25) is 4.90 Å². The molecule has 0 radical (unpaired) electrons. The van der Waals surface area contributed by atoms with Crippen LogP contribution in [0.3, 0.4) is 0 Å². The van der Waals surface area contributed by atoms with E-state index >= 15 is 0 Å². The van der Waals surface area contributed by atoms with E-state index in [2.05, 4.69) is 39.5 Å². The van der Waals surface area contributed by atoms with E-state index in [0.717, 1.165) is 13.2 Å². The first-order valence-corrected chi connectivity index (χ1v) is 5.70. The molecule has 1 N–H and O–H groups in total. The van der Waals surface area contributed by atoms with Crippen molar-refractivity contribution >= 4 is 0 Å². The van der Waals surface area contributed by atoms with Crippen LogP contribution < -0.4 is 0 Å². The van der Waals surface area contributed by atoms with E-state index in [4.69, 9.17) is 4.74 Å². The summed E-state index contributed by atoms with van der Waals surface area (Å²) in [5.74, 6) is 0. The first kappa shape index (κ1) is 14.9. The lowest BCUT2D eigenvalue weighted by atomic mass is 9.88. The van der Waals surface area contributed by atoms with Crippen molar-refractivity contribution in [2.75, 3.05) is 26.8 Å². The highest BCUT2D eigenvalue weighted by atomic mass is 16.5. The Labute approximate surface area is 94.4 Å². The van der Waals surface area contributed by atoms with E-state index in [1.807, 2.05) is 0 Å². The van der Waals surface area contributed by atoms with Crippen LogP contribution in [0.5, 0.6) is 0 Å². The molecule has 1 unspecified atom stereocenters. The van der Waals surface area contributed by atoms with Crippen molar-refractivity contribution in [3.05, 3.63) is 0 Å². The fourth-order valence-corrected chi connectivity index (χ4v) is 1.26. The van der Waals surface area contributed by atoms with Gasteiger partial charge in [0, 0.05) is 26.2 Å². The monoisotopic (exact) mass is 217 g/mol. The van der Waals surface area contributed by atoms with Gasteiger partial charge in [-0.15, -0.1) is 0 Å². The molecule has 92 valence electrons. The molecule has 0 rings (SSSR count). The molecular weight excluding hydrogens is 190 g/mol. The quantitative estimate of drug-likeness (QED) is 0.736. The third-order valence-electron chi connectivity index (χ3n) is 2.72. The predicted octanol–water partition coefficient (Wildman–Crippen LogP) is 1.75. The molecular formula is C12H27NO2. The van der Waals surface area contributed by atoms with E-state index in [1.54, 1.807) is 7.11 Å². The van der Waals surface area contributed by atoms with Gasteiger partial charge in [-0.05, 0) is 19.3 Å². The van der Waals surface area contributed by atoms with Gasteiger partial charge < -0.3 is 9.84 Å². The molecule has 0 aromatic heterocycles. The molecule has 0 heterocycles. The summed E-state index contributed by atoms with van der Waals surface area (Å²) in [7, 11) is 1.71. The van der Waals surface area contributed by atoms with Gasteiger partial charge >= 0.3 is 0 Å². The highest BCUT2D eigenvalue weighted by Gasteiger charge is 2.25. The summed E-state index contributed by atoms with van der Waals surface area (Å²) in [6.07, 6.45) is -0.295. The number of hydrogen-bond donors (Lipinski definition) is 1. The van der Waals surface area contributed by atoms with Crippen LogP contribution in [0, 0.1) is 5.41 Å². The Kier molecular flexibility index (Phi) is 6.41. The van der Waals surface area contributed by atoms with Gasteiger partial charge in [0.05, 0.1) is 12.7 Å². The lowest BCUT2D eigenvalue weighted by molar-refractivity contribution is 0.0123. The normalized spacial score (nSPS) is 15.0. The molecule has 0 aliphatic rings. The Morgan fingerprint density at radius 2 is 1.80 bits per heavy atom. The molecule has 0 aromatic rings. The summed E-state index contributed by atoms with van der Waals surface area (Å²) in [5, 5.41) is 10.0. The zero-order chi connectivity index (χ0) is 12.1. The van der Waals surface area contributed by atoms with E-state index in [9.17, 15) is 5.11 Å². The van der Waals surface area contributed by atoms with Gasteiger partial charge in [-0.2, -0.15) is 0 Å². The van der Waals surface area contributed by atoms with Crippen LogP contribution in [0.2, 0.25) is 0 Å². The van der Waals surface area contributed by atoms with E-state index in [1.165, 1.54) is 0 Å². The topological polar surface area (TPSA) is 32.7 Å². The second kappa shape index (κ2) is 6.46. The van der Waals surface area contributed by atoms with Gasteiger partial charge in [0.2, 0.25) is 0 Å². The van der Waals surface area contributed by atoms with Crippen LogP contribution in [0.4, 0.5) is 0 Å². The van der Waals surface area contributed by atoms with Crippen molar-refractivity contribution in [1.82, 2.24) is 4.90 Å². The molecule has 3 nitrogen and oxygen atoms in total. The van der Waals surface area contributed by atoms with Gasteiger partial charge in [0.25, 0.3) is 0 Å². The van der Waals surface area contributed by atoms with Crippen LogP contribution in [0.1, 0.15) is 34.6 Å². The van der Waals surface area contributed by atoms with Gasteiger partial charge in [-0.25, -0.2) is 0 Å². The van der Waals surface area contributed by atoms with Crippen molar-refractivity contribution in [2.24, 2.45) is 5.41 Å². The van der Waals surface area contributed by atoms with Crippen LogP contribution in [0.25, 0.3) is 0 Å². The lowest BCUT2D eigenvalue weighted by Crippen LogP contribution is -2.44. The fourth-order valence-electron chi connectivity index (χ4n) is 1.26. The van der Waals surface area contributed by atoms with Crippen molar-refractivity contribution < 1.29 is 9.84 Å². The maximum Gasteiger partial charge on any atom is 0.0715 e. The number of methoxy groups -OCH3 is 1. The smallest absolute Gasteiger partial charge is 0.0715 e. The van der Waals surface area contributed by atoms with Gasteiger partial charge in [-0.1, -0.05) is 20.8 Å². The zero-order valence-electron chi connectivity index (χ0n) is 11.1. The van der Waals surface area contributed by atoms with Crippen molar-refractivity contribution in [3.63, 3.8) is 0 Å². The molecule has 0 fully saturated rings. The maximum absolute atomic E-state index is 10.0. The number of hydrogen-bond acceptors (Lipinski definition) is 3. The summed E-state index contributed by atoms with van der Waals surface area (Å²) in [6.45, 7) is 12.8. The molecule has 15 heavy (non-hydrogen) atoms.